The molecule has 0 aromatic rings. The molecule has 3 heteroatoms. The molecule has 20 heavy (non-hydrogen) atoms. The molecule has 1 N–H and O–H groups in total. The molecule has 0 spiro atoms. The first-order valence-electron chi connectivity index (χ1n) is 8.39. The largest absolute Gasteiger partial charge is 0.381 e. The van der Waals surface area contributed by atoms with Gasteiger partial charge in [-0.3, -0.25) is 0 Å². The van der Waals surface area contributed by atoms with E-state index in [1.807, 2.05) is 7.11 Å². The summed E-state index contributed by atoms with van der Waals surface area (Å²) < 4.78 is 11.7. The van der Waals surface area contributed by atoms with Crippen LogP contribution in [0.2, 0.25) is 0 Å². The molecule has 1 aliphatic heterocycles. The van der Waals surface area contributed by atoms with Crippen molar-refractivity contribution in [1.29, 1.82) is 0 Å². The lowest BCUT2D eigenvalue weighted by Gasteiger charge is -2.50. The molecule has 0 aromatic carbocycles. The Morgan fingerprint density at radius 3 is 2.25 bits per heavy atom. The Kier molecular flexibility index (Phi) is 5.49. The second-order valence-corrected chi connectivity index (χ2v) is 7.42. The number of likely N-dealkylation sites (N-methyl/N-ethyl adjacent to an activating group) is 1. The van der Waals surface area contributed by atoms with Crippen molar-refractivity contribution in [3.05, 3.63) is 0 Å². The fourth-order valence-corrected chi connectivity index (χ4v) is 4.04. The van der Waals surface area contributed by atoms with Gasteiger partial charge in [-0.05, 0) is 56.4 Å². The molecule has 1 saturated carbocycles. The fraction of sp³-hybridized carbons (Fsp3) is 1.00. The van der Waals surface area contributed by atoms with Crippen LogP contribution < -0.4 is 5.32 Å². The van der Waals surface area contributed by atoms with Gasteiger partial charge in [-0.1, -0.05) is 20.8 Å². The number of ether oxygens (including phenoxy) is 2. The van der Waals surface area contributed by atoms with Gasteiger partial charge in [-0.25, -0.2) is 0 Å². The molecule has 2 rings (SSSR count). The number of rotatable bonds is 5. The van der Waals surface area contributed by atoms with E-state index in [1.165, 1.54) is 38.5 Å². The van der Waals surface area contributed by atoms with Gasteiger partial charge in [0.15, 0.2) is 0 Å². The molecule has 1 atom stereocenters. The van der Waals surface area contributed by atoms with Crippen molar-refractivity contribution in [2.75, 3.05) is 26.9 Å². The van der Waals surface area contributed by atoms with E-state index in [9.17, 15) is 0 Å². The van der Waals surface area contributed by atoms with Gasteiger partial charge in [-0.2, -0.15) is 0 Å². The van der Waals surface area contributed by atoms with Crippen molar-refractivity contribution in [2.24, 2.45) is 11.3 Å². The summed E-state index contributed by atoms with van der Waals surface area (Å²) in [7, 11) is 1.92. The zero-order valence-corrected chi connectivity index (χ0v) is 13.8. The Morgan fingerprint density at radius 1 is 1.15 bits per heavy atom. The predicted octanol–water partition coefficient (Wildman–Crippen LogP) is 3.38. The number of methoxy groups -OCH3 is 1. The third-order valence-corrected chi connectivity index (χ3v) is 5.58. The standard InChI is InChI=1S/C17H33NO2/c1-5-18-15(14-6-12-20-13-7-14)17(19-4)10-8-16(2,3)9-11-17/h14-15,18H,5-13H2,1-4H3. The zero-order valence-electron chi connectivity index (χ0n) is 13.8. The van der Waals surface area contributed by atoms with Gasteiger partial charge in [0.2, 0.25) is 0 Å². The van der Waals surface area contributed by atoms with Gasteiger partial charge in [0.25, 0.3) is 0 Å². The first-order valence-corrected chi connectivity index (χ1v) is 8.39. The second kappa shape index (κ2) is 6.76. The molecule has 0 radical (unpaired) electrons. The van der Waals surface area contributed by atoms with Crippen molar-refractivity contribution in [2.45, 2.75) is 70.9 Å². The monoisotopic (exact) mass is 283 g/mol. The molecule has 0 aromatic heterocycles. The summed E-state index contributed by atoms with van der Waals surface area (Å²) in [5, 5.41) is 3.76. The highest BCUT2D eigenvalue weighted by Crippen LogP contribution is 2.45. The molecule has 3 nitrogen and oxygen atoms in total. The van der Waals surface area contributed by atoms with Crippen molar-refractivity contribution in [3.63, 3.8) is 0 Å². The number of nitrogens with one attached hydrogen (secondary N) is 1. The molecule has 1 aliphatic carbocycles. The maximum atomic E-state index is 6.14. The van der Waals surface area contributed by atoms with Gasteiger partial charge in [0.05, 0.1) is 5.60 Å². The summed E-state index contributed by atoms with van der Waals surface area (Å²) in [6.45, 7) is 9.85. The van der Waals surface area contributed by atoms with E-state index in [0.717, 1.165) is 19.8 Å². The van der Waals surface area contributed by atoms with Gasteiger partial charge >= 0.3 is 0 Å². The Labute approximate surface area is 124 Å². The van der Waals surface area contributed by atoms with Crippen LogP contribution in [0.4, 0.5) is 0 Å². The topological polar surface area (TPSA) is 30.5 Å². The van der Waals surface area contributed by atoms with Gasteiger partial charge in [-0.15, -0.1) is 0 Å². The molecular formula is C17H33NO2. The fourth-order valence-electron chi connectivity index (χ4n) is 4.04. The van der Waals surface area contributed by atoms with Gasteiger partial charge in [0, 0.05) is 26.4 Å². The van der Waals surface area contributed by atoms with E-state index >= 15 is 0 Å². The predicted molar refractivity (Wildman–Crippen MR) is 83.0 cm³/mol. The molecule has 1 heterocycles. The van der Waals surface area contributed by atoms with Crippen molar-refractivity contribution >= 4 is 0 Å². The average molecular weight is 283 g/mol. The number of hydrogen-bond donors (Lipinski definition) is 1. The highest BCUT2D eigenvalue weighted by molar-refractivity contribution is 5.01. The van der Waals surface area contributed by atoms with Crippen LogP contribution in [0, 0.1) is 11.3 Å². The van der Waals surface area contributed by atoms with Crippen LogP contribution in [0.25, 0.3) is 0 Å². The van der Waals surface area contributed by atoms with E-state index in [2.05, 4.69) is 26.1 Å². The lowest BCUT2D eigenvalue weighted by molar-refractivity contribution is -0.108. The molecule has 118 valence electrons. The summed E-state index contributed by atoms with van der Waals surface area (Å²) in [5.41, 5.74) is 0.516. The minimum atomic E-state index is 0.0353. The molecule has 1 saturated heterocycles. The van der Waals surface area contributed by atoms with Crippen LogP contribution in [-0.2, 0) is 9.47 Å². The van der Waals surface area contributed by atoms with E-state index in [1.54, 1.807) is 0 Å². The molecular weight excluding hydrogens is 250 g/mol. The van der Waals surface area contributed by atoms with Crippen molar-refractivity contribution in [3.8, 4) is 0 Å². The van der Waals surface area contributed by atoms with E-state index in [0.29, 0.717) is 17.4 Å². The van der Waals surface area contributed by atoms with Crippen LogP contribution in [0.5, 0.6) is 0 Å². The molecule has 0 bridgehead atoms. The first-order chi connectivity index (χ1) is 9.53. The molecule has 0 amide bonds. The van der Waals surface area contributed by atoms with Gasteiger partial charge in [0.1, 0.15) is 0 Å². The second-order valence-electron chi connectivity index (χ2n) is 7.42. The van der Waals surface area contributed by atoms with E-state index < -0.39 is 0 Å². The SMILES string of the molecule is CCNC(C1CCOCC1)C1(OC)CCC(C)(C)CC1. The Morgan fingerprint density at radius 2 is 1.75 bits per heavy atom. The molecule has 2 fully saturated rings. The minimum Gasteiger partial charge on any atom is -0.381 e. The van der Waals surface area contributed by atoms with Crippen LogP contribution in [0.15, 0.2) is 0 Å². The van der Waals surface area contributed by atoms with Crippen LogP contribution in [0.3, 0.4) is 0 Å². The summed E-state index contributed by atoms with van der Waals surface area (Å²) in [4.78, 5) is 0. The summed E-state index contributed by atoms with van der Waals surface area (Å²) in [6.07, 6.45) is 7.26. The van der Waals surface area contributed by atoms with Crippen LogP contribution >= 0.6 is 0 Å². The smallest absolute Gasteiger partial charge is 0.0834 e. The molecule has 1 unspecified atom stereocenters. The summed E-state index contributed by atoms with van der Waals surface area (Å²) in [6, 6.07) is 0.484. The molecule has 2 aliphatic rings. The van der Waals surface area contributed by atoms with E-state index in [4.69, 9.17) is 9.47 Å². The van der Waals surface area contributed by atoms with Crippen molar-refractivity contribution in [1.82, 2.24) is 5.32 Å². The Balaban J connectivity index is 2.12. The Hall–Kier alpha value is -0.120. The van der Waals surface area contributed by atoms with Crippen molar-refractivity contribution < 1.29 is 9.47 Å². The van der Waals surface area contributed by atoms with Gasteiger partial charge < -0.3 is 14.8 Å². The Bertz CT molecular complexity index is 287. The third-order valence-electron chi connectivity index (χ3n) is 5.58. The average Bonchev–Trinajstić information content (AvgIpc) is 2.47. The third kappa shape index (κ3) is 3.55. The number of hydrogen-bond acceptors (Lipinski definition) is 3. The maximum Gasteiger partial charge on any atom is 0.0834 e. The van der Waals surface area contributed by atoms with E-state index in [-0.39, 0.29) is 5.60 Å². The quantitative estimate of drug-likeness (QED) is 0.839. The lowest BCUT2D eigenvalue weighted by atomic mass is 9.65. The highest BCUT2D eigenvalue weighted by Gasteiger charge is 2.46. The minimum absolute atomic E-state index is 0.0353. The lowest BCUT2D eigenvalue weighted by Crippen LogP contribution is -2.58. The zero-order chi connectivity index (χ0) is 14.6. The normalized spacial score (nSPS) is 28.2. The first kappa shape index (κ1) is 16.3. The summed E-state index contributed by atoms with van der Waals surface area (Å²) in [5.74, 6) is 0.699. The van der Waals surface area contributed by atoms with Crippen LogP contribution in [-0.4, -0.2) is 38.5 Å². The highest BCUT2D eigenvalue weighted by atomic mass is 16.5. The summed E-state index contributed by atoms with van der Waals surface area (Å²) >= 11 is 0. The maximum absolute atomic E-state index is 6.14. The van der Waals surface area contributed by atoms with Crippen LogP contribution in [0.1, 0.15) is 59.3 Å².